The van der Waals surface area contributed by atoms with Crippen molar-refractivity contribution in [3.05, 3.63) is 65.2 Å². The molecule has 2 aromatic carbocycles. The molecule has 0 aliphatic heterocycles. The Morgan fingerprint density at radius 3 is 2.38 bits per heavy atom. The maximum Gasteiger partial charge on any atom is 0.319 e. The van der Waals surface area contributed by atoms with Crippen molar-refractivity contribution in [2.45, 2.75) is 19.4 Å². The van der Waals surface area contributed by atoms with Crippen LogP contribution in [0.1, 0.15) is 24.9 Å². The van der Waals surface area contributed by atoms with Gasteiger partial charge in [0.15, 0.2) is 0 Å². The summed E-state index contributed by atoms with van der Waals surface area (Å²) in [6.07, 6.45) is 0.208. The summed E-state index contributed by atoms with van der Waals surface area (Å²) < 4.78 is 0. The Kier molecular flexibility index (Phi) is 6.63. The van der Waals surface area contributed by atoms with Crippen LogP contribution in [0.5, 0.6) is 0 Å². The zero-order chi connectivity index (χ0) is 17.4. The molecule has 0 aliphatic carbocycles. The van der Waals surface area contributed by atoms with Crippen LogP contribution < -0.4 is 16.0 Å². The number of halogens is 1. The average Bonchev–Trinajstić information content (AvgIpc) is 2.56. The Bertz CT molecular complexity index is 674. The predicted octanol–water partition coefficient (Wildman–Crippen LogP) is 3.73. The van der Waals surface area contributed by atoms with Crippen LogP contribution in [0.3, 0.4) is 0 Å². The molecule has 3 amide bonds. The van der Waals surface area contributed by atoms with Gasteiger partial charge in [-0.05, 0) is 36.8 Å². The number of benzene rings is 2. The molecule has 0 saturated carbocycles. The van der Waals surface area contributed by atoms with E-state index in [0.29, 0.717) is 10.7 Å². The third-order valence-electron chi connectivity index (χ3n) is 3.42. The van der Waals surface area contributed by atoms with Gasteiger partial charge in [0.1, 0.15) is 0 Å². The van der Waals surface area contributed by atoms with Gasteiger partial charge in [-0.15, -0.1) is 0 Å². The fraction of sp³-hybridized carbons (Fsp3) is 0.222. The number of nitrogens with one attached hydrogen (secondary N) is 3. The lowest BCUT2D eigenvalue weighted by Gasteiger charge is -2.14. The monoisotopic (exact) mass is 345 g/mol. The van der Waals surface area contributed by atoms with Gasteiger partial charge >= 0.3 is 6.03 Å². The number of hydrogen-bond acceptors (Lipinski definition) is 2. The van der Waals surface area contributed by atoms with Crippen LogP contribution in [0.2, 0.25) is 5.02 Å². The normalized spacial score (nSPS) is 11.4. The lowest BCUT2D eigenvalue weighted by Crippen LogP contribution is -2.34. The molecule has 3 N–H and O–H groups in total. The largest absolute Gasteiger partial charge is 0.350 e. The van der Waals surface area contributed by atoms with Gasteiger partial charge in [-0.3, -0.25) is 4.79 Å². The van der Waals surface area contributed by atoms with E-state index in [1.807, 2.05) is 37.3 Å². The van der Waals surface area contributed by atoms with E-state index in [1.54, 1.807) is 24.3 Å². The summed E-state index contributed by atoms with van der Waals surface area (Å²) in [4.78, 5) is 23.6. The van der Waals surface area contributed by atoms with E-state index in [4.69, 9.17) is 11.6 Å². The van der Waals surface area contributed by atoms with Crippen LogP contribution >= 0.6 is 11.6 Å². The van der Waals surface area contributed by atoms with Crippen LogP contribution in [-0.2, 0) is 4.79 Å². The smallest absolute Gasteiger partial charge is 0.319 e. The van der Waals surface area contributed by atoms with E-state index in [9.17, 15) is 9.59 Å². The summed E-state index contributed by atoms with van der Waals surface area (Å²) >= 11 is 5.84. The van der Waals surface area contributed by atoms with Crippen LogP contribution in [0.15, 0.2) is 54.6 Å². The second kappa shape index (κ2) is 8.93. The first-order chi connectivity index (χ1) is 11.5. The Morgan fingerprint density at radius 2 is 1.71 bits per heavy atom. The van der Waals surface area contributed by atoms with Gasteiger partial charge in [0.25, 0.3) is 0 Å². The van der Waals surface area contributed by atoms with E-state index in [1.165, 1.54) is 0 Å². The van der Waals surface area contributed by atoms with Crippen molar-refractivity contribution in [2.24, 2.45) is 0 Å². The van der Waals surface area contributed by atoms with E-state index in [2.05, 4.69) is 16.0 Å². The summed E-state index contributed by atoms with van der Waals surface area (Å²) in [5.41, 5.74) is 1.68. The quantitative estimate of drug-likeness (QED) is 0.746. The van der Waals surface area contributed by atoms with Gasteiger partial charge in [-0.2, -0.15) is 0 Å². The number of para-hydroxylation sites is 1. The molecule has 1 unspecified atom stereocenters. The maximum atomic E-state index is 11.9. The molecular weight excluding hydrogens is 326 g/mol. The minimum absolute atomic E-state index is 0.118. The zero-order valence-electron chi connectivity index (χ0n) is 13.4. The summed E-state index contributed by atoms with van der Waals surface area (Å²) in [5.74, 6) is -0.127. The van der Waals surface area contributed by atoms with Crippen molar-refractivity contribution >= 4 is 29.2 Å². The van der Waals surface area contributed by atoms with Crippen molar-refractivity contribution in [1.82, 2.24) is 10.6 Å². The second-order valence-corrected chi connectivity index (χ2v) is 5.77. The molecule has 2 rings (SSSR count). The maximum absolute atomic E-state index is 11.9. The van der Waals surface area contributed by atoms with Crippen molar-refractivity contribution < 1.29 is 9.59 Å². The second-order valence-electron chi connectivity index (χ2n) is 5.34. The molecule has 0 bridgehead atoms. The molecule has 5 nitrogen and oxygen atoms in total. The fourth-order valence-corrected chi connectivity index (χ4v) is 2.26. The topological polar surface area (TPSA) is 70.2 Å². The fourth-order valence-electron chi connectivity index (χ4n) is 2.13. The zero-order valence-corrected chi connectivity index (χ0v) is 14.1. The van der Waals surface area contributed by atoms with Crippen molar-refractivity contribution in [3.63, 3.8) is 0 Å². The average molecular weight is 346 g/mol. The number of carbonyl (C=O) groups excluding carboxylic acids is 2. The molecule has 126 valence electrons. The summed E-state index contributed by atoms with van der Waals surface area (Å²) in [5, 5.41) is 8.89. The van der Waals surface area contributed by atoms with Gasteiger partial charge in [0.05, 0.1) is 6.04 Å². The third kappa shape index (κ3) is 5.93. The number of amides is 3. The highest BCUT2D eigenvalue weighted by Crippen LogP contribution is 2.15. The van der Waals surface area contributed by atoms with Gasteiger partial charge in [-0.25, -0.2) is 4.79 Å². The predicted molar refractivity (Wildman–Crippen MR) is 96.1 cm³/mol. The summed E-state index contributed by atoms with van der Waals surface area (Å²) in [6.45, 7) is 2.16. The first-order valence-corrected chi connectivity index (χ1v) is 8.07. The van der Waals surface area contributed by atoms with Gasteiger partial charge in [0.2, 0.25) is 5.91 Å². The first-order valence-electron chi connectivity index (χ1n) is 7.69. The first kappa shape index (κ1) is 17.8. The summed E-state index contributed by atoms with van der Waals surface area (Å²) in [6, 6.07) is 16.0. The van der Waals surface area contributed by atoms with E-state index < -0.39 is 0 Å². The van der Waals surface area contributed by atoms with Crippen molar-refractivity contribution in [1.29, 1.82) is 0 Å². The molecule has 0 aliphatic rings. The van der Waals surface area contributed by atoms with E-state index >= 15 is 0 Å². The highest BCUT2D eigenvalue weighted by molar-refractivity contribution is 6.30. The SMILES string of the molecule is CC(NC(=O)CCNC(=O)Nc1ccccc1)c1ccc(Cl)cc1. The molecule has 0 saturated heterocycles. The molecule has 0 aromatic heterocycles. The molecule has 1 atom stereocenters. The Morgan fingerprint density at radius 1 is 1.04 bits per heavy atom. The Balaban J connectivity index is 1.69. The van der Waals surface area contributed by atoms with E-state index in [-0.39, 0.29) is 30.9 Å². The number of anilines is 1. The number of rotatable bonds is 6. The Hall–Kier alpha value is -2.53. The Labute approximate surface area is 146 Å². The van der Waals surface area contributed by atoms with Crippen LogP contribution in [0, 0.1) is 0 Å². The molecular formula is C18H20ClN3O2. The highest BCUT2D eigenvalue weighted by Gasteiger charge is 2.10. The standard InChI is InChI=1S/C18H20ClN3O2/c1-13(14-7-9-15(19)10-8-14)21-17(23)11-12-20-18(24)22-16-5-3-2-4-6-16/h2-10,13H,11-12H2,1H3,(H,21,23)(H2,20,22,24). The summed E-state index contributed by atoms with van der Waals surface area (Å²) in [7, 11) is 0. The number of carbonyl (C=O) groups is 2. The van der Waals surface area contributed by atoms with Gasteiger partial charge in [0, 0.05) is 23.7 Å². The minimum Gasteiger partial charge on any atom is -0.350 e. The van der Waals surface area contributed by atoms with Crippen molar-refractivity contribution in [2.75, 3.05) is 11.9 Å². The third-order valence-corrected chi connectivity index (χ3v) is 3.67. The van der Waals surface area contributed by atoms with Crippen LogP contribution in [0.25, 0.3) is 0 Å². The van der Waals surface area contributed by atoms with Gasteiger partial charge in [-0.1, -0.05) is 41.9 Å². The molecule has 0 spiro atoms. The molecule has 2 aromatic rings. The number of urea groups is 1. The molecule has 6 heteroatoms. The van der Waals surface area contributed by atoms with Gasteiger partial charge < -0.3 is 16.0 Å². The highest BCUT2D eigenvalue weighted by atomic mass is 35.5. The minimum atomic E-state index is -0.334. The lowest BCUT2D eigenvalue weighted by atomic mass is 10.1. The van der Waals surface area contributed by atoms with Crippen molar-refractivity contribution in [3.8, 4) is 0 Å². The lowest BCUT2D eigenvalue weighted by molar-refractivity contribution is -0.121. The molecule has 0 radical (unpaired) electrons. The molecule has 0 fully saturated rings. The van der Waals surface area contributed by atoms with Crippen LogP contribution in [-0.4, -0.2) is 18.5 Å². The molecule has 24 heavy (non-hydrogen) atoms. The number of hydrogen-bond donors (Lipinski definition) is 3. The molecule has 0 heterocycles. The van der Waals surface area contributed by atoms with Crippen LogP contribution in [0.4, 0.5) is 10.5 Å². The van der Waals surface area contributed by atoms with E-state index in [0.717, 1.165) is 5.56 Å².